The molecule has 62 valence electrons. The van der Waals surface area contributed by atoms with E-state index in [1.54, 1.807) is 6.20 Å². The first-order chi connectivity index (χ1) is 5.68. The molecule has 2 heterocycles. The monoisotopic (exact) mass is 404 g/mol. The van der Waals surface area contributed by atoms with Crippen LogP contribution in [0.25, 0.3) is 5.52 Å². The summed E-state index contributed by atoms with van der Waals surface area (Å²) in [5.74, 6) is 0. The van der Waals surface area contributed by atoms with Crippen molar-refractivity contribution in [2.24, 2.45) is 0 Å². The Hall–Kier alpha value is 0.440. The molecule has 0 fully saturated rings. The number of rotatable bonds is 0. The minimum atomic E-state index is 0.676. The molecule has 0 N–H and O–H groups in total. The quantitative estimate of drug-likeness (QED) is 0.617. The zero-order chi connectivity index (χ0) is 8.72. The van der Waals surface area contributed by atoms with Gasteiger partial charge in [-0.1, -0.05) is 11.6 Å². The highest BCUT2D eigenvalue weighted by molar-refractivity contribution is 14.1. The second kappa shape index (κ2) is 3.30. The Bertz CT molecular complexity index is 438. The zero-order valence-electron chi connectivity index (χ0n) is 5.76. The van der Waals surface area contributed by atoms with E-state index < -0.39 is 0 Å². The highest BCUT2D eigenvalue weighted by atomic mass is 127. The van der Waals surface area contributed by atoms with E-state index in [0.717, 1.165) is 9.22 Å². The first-order valence-corrected chi connectivity index (χ1v) is 5.70. The van der Waals surface area contributed by atoms with Crippen LogP contribution in [0.15, 0.2) is 18.3 Å². The van der Waals surface area contributed by atoms with E-state index >= 15 is 0 Å². The fourth-order valence-electron chi connectivity index (χ4n) is 0.984. The summed E-state index contributed by atoms with van der Waals surface area (Å²) in [4.78, 5) is 0. The van der Waals surface area contributed by atoms with Gasteiger partial charge in [0.15, 0.2) is 0 Å². The average molecular weight is 404 g/mol. The molecule has 0 saturated heterocycles. The van der Waals surface area contributed by atoms with Crippen molar-refractivity contribution in [3.63, 3.8) is 0 Å². The van der Waals surface area contributed by atoms with Gasteiger partial charge in [0, 0.05) is 3.57 Å². The van der Waals surface area contributed by atoms with Crippen LogP contribution in [-0.4, -0.2) is 9.61 Å². The highest BCUT2D eigenvalue weighted by Crippen LogP contribution is 2.21. The molecule has 0 radical (unpaired) electrons. The summed E-state index contributed by atoms with van der Waals surface area (Å²) in [6, 6.07) is 3.98. The number of aromatic nitrogens is 2. The molecule has 2 aromatic heterocycles. The summed E-state index contributed by atoms with van der Waals surface area (Å²) in [6.45, 7) is 0. The summed E-state index contributed by atoms with van der Waals surface area (Å²) < 4.78 is 4.14. The predicted octanol–water partition coefficient (Wildman–Crippen LogP) is 3.20. The molecule has 0 bridgehead atoms. The summed E-state index contributed by atoms with van der Waals surface area (Å²) >= 11 is 10.3. The van der Waals surface area contributed by atoms with Crippen molar-refractivity contribution in [3.8, 4) is 0 Å². The largest absolute Gasteiger partial charge is 0.226 e. The Labute approximate surface area is 102 Å². The fraction of sp³-hybridized carbons (Fsp3) is 0. The van der Waals surface area contributed by atoms with E-state index in [9.17, 15) is 0 Å². The lowest BCUT2D eigenvalue weighted by Crippen LogP contribution is -1.91. The lowest BCUT2D eigenvalue weighted by atomic mass is 10.4. The molecule has 0 aliphatic carbocycles. The topological polar surface area (TPSA) is 17.3 Å². The maximum Gasteiger partial charge on any atom is 0.104 e. The van der Waals surface area contributed by atoms with Gasteiger partial charge >= 0.3 is 0 Å². The summed E-state index contributed by atoms with van der Waals surface area (Å²) in [7, 11) is 0. The van der Waals surface area contributed by atoms with Gasteiger partial charge in [0.25, 0.3) is 0 Å². The molecular formula is C7H3ClI2N2. The van der Waals surface area contributed by atoms with Crippen LogP contribution in [0.2, 0.25) is 5.02 Å². The van der Waals surface area contributed by atoms with E-state index in [-0.39, 0.29) is 0 Å². The smallest absolute Gasteiger partial charge is 0.104 e. The van der Waals surface area contributed by atoms with Crippen molar-refractivity contribution in [2.75, 3.05) is 0 Å². The van der Waals surface area contributed by atoms with Gasteiger partial charge in [0.1, 0.15) is 3.70 Å². The molecule has 2 rings (SSSR count). The third kappa shape index (κ3) is 1.44. The minimum absolute atomic E-state index is 0.676. The molecular weight excluding hydrogens is 401 g/mol. The van der Waals surface area contributed by atoms with Crippen molar-refractivity contribution in [1.82, 2.24) is 9.61 Å². The molecule has 2 nitrogen and oxygen atoms in total. The fourth-order valence-corrected chi connectivity index (χ4v) is 3.10. The lowest BCUT2D eigenvalue weighted by molar-refractivity contribution is 0.917. The predicted molar refractivity (Wildman–Crippen MR) is 65.6 cm³/mol. The van der Waals surface area contributed by atoms with Gasteiger partial charge in [-0.3, -0.25) is 0 Å². The molecule has 0 aromatic carbocycles. The summed E-state index contributed by atoms with van der Waals surface area (Å²) in [5.41, 5.74) is 1.06. The molecule has 5 heteroatoms. The molecule has 0 aliphatic rings. The van der Waals surface area contributed by atoms with Crippen molar-refractivity contribution < 1.29 is 0 Å². The standard InChI is InChI=1S/C7H3ClI2N2/c8-4-1-6-5(9)2-7(10)12(6)11-3-4/h1-3H. The number of fused-ring (bicyclic) bond motifs is 1. The van der Waals surface area contributed by atoms with Gasteiger partial charge in [-0.25, -0.2) is 4.52 Å². The average Bonchev–Trinajstić information content (AvgIpc) is 2.28. The van der Waals surface area contributed by atoms with E-state index in [4.69, 9.17) is 11.6 Å². The Balaban J connectivity index is 2.90. The van der Waals surface area contributed by atoms with Gasteiger partial charge in [0.05, 0.1) is 16.7 Å². The van der Waals surface area contributed by atoms with Crippen molar-refractivity contribution in [2.45, 2.75) is 0 Å². The molecule has 12 heavy (non-hydrogen) atoms. The normalized spacial score (nSPS) is 10.9. The van der Waals surface area contributed by atoms with Crippen LogP contribution in [0, 0.1) is 7.27 Å². The van der Waals surface area contributed by atoms with Gasteiger partial charge in [-0.05, 0) is 57.3 Å². The first kappa shape index (κ1) is 9.01. The van der Waals surface area contributed by atoms with E-state index in [0.29, 0.717) is 5.02 Å². The van der Waals surface area contributed by atoms with E-state index in [1.807, 2.05) is 10.6 Å². The van der Waals surface area contributed by atoms with E-state index in [2.05, 4.69) is 56.3 Å². The number of hydrogen-bond donors (Lipinski definition) is 0. The Morgan fingerprint density at radius 2 is 2.08 bits per heavy atom. The van der Waals surface area contributed by atoms with Crippen LogP contribution in [0.3, 0.4) is 0 Å². The SMILES string of the molecule is Clc1cnn2c(I)cc(I)c2c1. The minimum Gasteiger partial charge on any atom is -0.226 e. The van der Waals surface area contributed by atoms with Crippen LogP contribution < -0.4 is 0 Å². The highest BCUT2D eigenvalue weighted by Gasteiger charge is 2.05. The number of halogens is 3. The molecule has 0 saturated carbocycles. The van der Waals surface area contributed by atoms with Crippen molar-refractivity contribution in [3.05, 3.63) is 30.6 Å². The summed E-state index contributed by atoms with van der Waals surface area (Å²) in [5, 5.41) is 4.85. The van der Waals surface area contributed by atoms with Gasteiger partial charge < -0.3 is 0 Å². The van der Waals surface area contributed by atoms with Crippen molar-refractivity contribution in [1.29, 1.82) is 0 Å². The van der Waals surface area contributed by atoms with Crippen molar-refractivity contribution >= 4 is 62.3 Å². The molecule has 0 atom stereocenters. The van der Waals surface area contributed by atoms with Crippen LogP contribution in [0.4, 0.5) is 0 Å². The second-order valence-corrected chi connectivity index (χ2v) is 4.99. The Morgan fingerprint density at radius 3 is 2.83 bits per heavy atom. The third-order valence-electron chi connectivity index (χ3n) is 1.49. The molecule has 0 spiro atoms. The third-order valence-corrected chi connectivity index (χ3v) is 3.33. The van der Waals surface area contributed by atoms with Crippen LogP contribution in [-0.2, 0) is 0 Å². The lowest BCUT2D eigenvalue weighted by Gasteiger charge is -1.95. The molecule has 0 aliphatic heterocycles. The van der Waals surface area contributed by atoms with Gasteiger partial charge in [-0.2, -0.15) is 5.10 Å². The zero-order valence-corrected chi connectivity index (χ0v) is 10.8. The number of hydrogen-bond acceptors (Lipinski definition) is 1. The first-order valence-electron chi connectivity index (χ1n) is 3.17. The van der Waals surface area contributed by atoms with Gasteiger partial charge in [0.2, 0.25) is 0 Å². The maximum atomic E-state index is 5.82. The summed E-state index contributed by atoms with van der Waals surface area (Å²) in [6.07, 6.45) is 1.65. The Kier molecular flexibility index (Phi) is 2.48. The van der Waals surface area contributed by atoms with Gasteiger partial charge in [-0.15, -0.1) is 0 Å². The second-order valence-electron chi connectivity index (χ2n) is 2.29. The molecule has 2 aromatic rings. The van der Waals surface area contributed by atoms with Crippen LogP contribution >= 0.6 is 56.8 Å². The van der Waals surface area contributed by atoms with Crippen LogP contribution in [0.5, 0.6) is 0 Å². The maximum absolute atomic E-state index is 5.82. The van der Waals surface area contributed by atoms with E-state index in [1.165, 1.54) is 3.57 Å². The Morgan fingerprint density at radius 1 is 1.33 bits per heavy atom. The van der Waals surface area contributed by atoms with Crippen LogP contribution in [0.1, 0.15) is 0 Å². The molecule has 0 unspecified atom stereocenters. The molecule has 0 amide bonds. The number of nitrogens with zero attached hydrogens (tertiary/aromatic N) is 2.